The van der Waals surface area contributed by atoms with Crippen LogP contribution in [0.15, 0.2) is 36.8 Å². The number of imidazole rings is 1. The Morgan fingerprint density at radius 1 is 1.27 bits per heavy atom. The van der Waals surface area contributed by atoms with Gasteiger partial charge < -0.3 is 4.57 Å². The van der Waals surface area contributed by atoms with Crippen LogP contribution >= 0.6 is 0 Å². The molecule has 0 bridgehead atoms. The molecule has 5 rings (SSSR count). The van der Waals surface area contributed by atoms with Gasteiger partial charge in [0.2, 0.25) is 0 Å². The number of carbonyl (C=O) groups excluding carboxylic acids is 1. The van der Waals surface area contributed by atoms with E-state index >= 15 is 0 Å². The van der Waals surface area contributed by atoms with Crippen LogP contribution in [-0.2, 0) is 13.0 Å². The Morgan fingerprint density at radius 3 is 2.67 bits per heavy atom. The van der Waals surface area contributed by atoms with Gasteiger partial charge in [0.1, 0.15) is 5.69 Å². The van der Waals surface area contributed by atoms with Crippen LogP contribution in [0.5, 0.6) is 0 Å². The molecule has 0 spiro atoms. The SMILES string of the molecule is CC(C)n1nc(-c2ccc(C#N)cc2)c(C2CC2)c1C(=O)C[C@@H]1Cc2cncn2C1. The number of benzene rings is 1. The molecule has 3 aromatic rings. The number of hydrogen-bond acceptors (Lipinski definition) is 4. The summed E-state index contributed by atoms with van der Waals surface area (Å²) in [5.41, 5.74) is 5.63. The van der Waals surface area contributed by atoms with E-state index in [4.69, 9.17) is 10.4 Å². The fourth-order valence-corrected chi connectivity index (χ4v) is 4.59. The number of aromatic nitrogens is 4. The van der Waals surface area contributed by atoms with Crippen molar-refractivity contribution in [2.75, 3.05) is 0 Å². The quantitative estimate of drug-likeness (QED) is 0.571. The fraction of sp³-hybridized carbons (Fsp3) is 0.417. The Balaban J connectivity index is 1.51. The van der Waals surface area contributed by atoms with Crippen LogP contribution in [0.2, 0.25) is 0 Å². The molecular formula is C24H25N5O. The Hall–Kier alpha value is -3.20. The van der Waals surface area contributed by atoms with Crippen LogP contribution in [0, 0.1) is 17.2 Å². The van der Waals surface area contributed by atoms with Crippen molar-refractivity contribution in [3.63, 3.8) is 0 Å². The van der Waals surface area contributed by atoms with Crippen LogP contribution in [-0.4, -0.2) is 25.1 Å². The first kappa shape index (κ1) is 18.8. The number of rotatable bonds is 6. The number of ketones is 1. The van der Waals surface area contributed by atoms with Gasteiger partial charge in [-0.05, 0) is 57.1 Å². The summed E-state index contributed by atoms with van der Waals surface area (Å²) in [6, 6.07) is 9.81. The Bertz CT molecular complexity index is 1120. The van der Waals surface area contributed by atoms with Crippen LogP contribution in [0.3, 0.4) is 0 Å². The van der Waals surface area contributed by atoms with Gasteiger partial charge in [-0.2, -0.15) is 10.4 Å². The summed E-state index contributed by atoms with van der Waals surface area (Å²) in [4.78, 5) is 17.8. The van der Waals surface area contributed by atoms with E-state index in [0.717, 1.165) is 48.3 Å². The van der Waals surface area contributed by atoms with Gasteiger partial charge in [0.25, 0.3) is 0 Å². The minimum atomic E-state index is 0.107. The van der Waals surface area contributed by atoms with E-state index in [-0.39, 0.29) is 11.8 Å². The van der Waals surface area contributed by atoms with Crippen LogP contribution < -0.4 is 0 Å². The zero-order chi connectivity index (χ0) is 20.8. The molecule has 1 saturated carbocycles. The average molecular weight is 399 g/mol. The smallest absolute Gasteiger partial charge is 0.181 e. The summed E-state index contributed by atoms with van der Waals surface area (Å²) < 4.78 is 4.09. The molecule has 1 aliphatic carbocycles. The normalized spacial score (nSPS) is 17.9. The van der Waals surface area contributed by atoms with E-state index < -0.39 is 0 Å². The van der Waals surface area contributed by atoms with E-state index in [1.165, 1.54) is 5.69 Å². The molecule has 6 nitrogen and oxygen atoms in total. The maximum Gasteiger partial charge on any atom is 0.181 e. The van der Waals surface area contributed by atoms with Gasteiger partial charge in [0, 0.05) is 42.0 Å². The molecule has 30 heavy (non-hydrogen) atoms. The van der Waals surface area contributed by atoms with E-state index in [2.05, 4.69) is 29.5 Å². The Morgan fingerprint density at radius 2 is 2.03 bits per heavy atom. The largest absolute Gasteiger partial charge is 0.334 e. The lowest BCUT2D eigenvalue weighted by atomic mass is 9.94. The predicted octanol–water partition coefficient (Wildman–Crippen LogP) is 4.52. The summed E-state index contributed by atoms with van der Waals surface area (Å²) >= 11 is 0. The summed E-state index contributed by atoms with van der Waals surface area (Å²) in [5, 5.41) is 14.0. The van der Waals surface area contributed by atoms with Crippen molar-refractivity contribution in [2.45, 2.75) is 58.0 Å². The van der Waals surface area contributed by atoms with Gasteiger partial charge in [-0.15, -0.1) is 0 Å². The molecule has 0 saturated heterocycles. The Kier molecular flexibility index (Phi) is 4.54. The second-order valence-electron chi connectivity index (χ2n) is 8.85. The third kappa shape index (κ3) is 3.24. The van der Waals surface area contributed by atoms with Gasteiger partial charge >= 0.3 is 0 Å². The second kappa shape index (κ2) is 7.24. The lowest BCUT2D eigenvalue weighted by molar-refractivity contribution is 0.0947. The van der Waals surface area contributed by atoms with E-state index in [1.54, 1.807) is 0 Å². The number of hydrogen-bond donors (Lipinski definition) is 0. The molecule has 0 unspecified atom stereocenters. The lowest BCUT2D eigenvalue weighted by Crippen LogP contribution is -2.17. The van der Waals surface area contributed by atoms with Crippen molar-refractivity contribution < 1.29 is 4.79 Å². The van der Waals surface area contributed by atoms with E-state index in [1.807, 2.05) is 41.5 Å². The highest BCUT2D eigenvalue weighted by molar-refractivity contribution is 5.98. The molecule has 2 aliphatic rings. The first-order chi connectivity index (χ1) is 14.5. The van der Waals surface area contributed by atoms with Crippen molar-refractivity contribution >= 4 is 5.78 Å². The van der Waals surface area contributed by atoms with Crippen molar-refractivity contribution in [2.24, 2.45) is 5.92 Å². The molecule has 0 radical (unpaired) electrons. The Labute approximate surface area is 176 Å². The highest BCUT2D eigenvalue weighted by atomic mass is 16.1. The van der Waals surface area contributed by atoms with Crippen LogP contribution in [0.4, 0.5) is 0 Å². The monoisotopic (exact) mass is 399 g/mol. The summed E-state index contributed by atoms with van der Waals surface area (Å²) in [7, 11) is 0. The van der Waals surface area contributed by atoms with Crippen LogP contribution in [0.25, 0.3) is 11.3 Å². The van der Waals surface area contributed by atoms with Gasteiger partial charge in [-0.25, -0.2) is 4.98 Å². The van der Waals surface area contributed by atoms with E-state index in [9.17, 15) is 4.79 Å². The van der Waals surface area contributed by atoms with Crippen molar-refractivity contribution in [1.29, 1.82) is 5.26 Å². The molecule has 152 valence electrons. The first-order valence-electron chi connectivity index (χ1n) is 10.7. The second-order valence-corrected chi connectivity index (χ2v) is 8.85. The molecule has 2 aromatic heterocycles. The van der Waals surface area contributed by atoms with E-state index in [0.29, 0.717) is 23.8 Å². The van der Waals surface area contributed by atoms with Gasteiger partial charge in [-0.1, -0.05) is 12.1 Å². The first-order valence-corrected chi connectivity index (χ1v) is 10.7. The summed E-state index contributed by atoms with van der Waals surface area (Å²) in [6.07, 6.45) is 7.41. The molecule has 1 aromatic carbocycles. The molecule has 0 amide bonds. The molecular weight excluding hydrogens is 374 g/mol. The highest BCUT2D eigenvalue weighted by Gasteiger charge is 2.36. The number of Topliss-reactive ketones (excluding diaryl/α,β-unsaturated/α-hetero) is 1. The van der Waals surface area contributed by atoms with Crippen LogP contribution in [0.1, 0.15) is 72.4 Å². The number of nitrogens with zero attached hydrogens (tertiary/aromatic N) is 5. The average Bonchev–Trinajstić information content (AvgIpc) is 3.17. The fourth-order valence-electron chi connectivity index (χ4n) is 4.59. The summed E-state index contributed by atoms with van der Waals surface area (Å²) in [6.45, 7) is 5.02. The number of nitriles is 1. The lowest BCUT2D eigenvalue weighted by Gasteiger charge is -2.14. The third-order valence-corrected chi connectivity index (χ3v) is 6.20. The molecule has 0 N–H and O–H groups in total. The van der Waals surface area contributed by atoms with Gasteiger partial charge in [0.15, 0.2) is 5.78 Å². The third-order valence-electron chi connectivity index (χ3n) is 6.20. The highest BCUT2D eigenvalue weighted by Crippen LogP contribution is 2.47. The number of fused-ring (bicyclic) bond motifs is 1. The van der Waals surface area contributed by atoms with Crippen molar-refractivity contribution in [3.8, 4) is 17.3 Å². The standard InChI is InChI=1S/C24H25N5O/c1-15(2)29-24(21(30)10-17-9-20-12-26-14-28(20)13-17)22(18-7-8-18)23(27-29)19-5-3-16(11-25)4-6-19/h3-6,12,14-15,17-18H,7-10,13H2,1-2H3/t17-/m0/s1. The molecule has 1 atom stereocenters. The predicted molar refractivity (Wildman–Crippen MR) is 113 cm³/mol. The van der Waals surface area contributed by atoms with Crippen molar-refractivity contribution in [1.82, 2.24) is 19.3 Å². The maximum absolute atomic E-state index is 13.6. The van der Waals surface area contributed by atoms with Gasteiger partial charge in [-0.3, -0.25) is 9.48 Å². The molecule has 6 heteroatoms. The molecule has 1 aliphatic heterocycles. The van der Waals surface area contributed by atoms with Crippen molar-refractivity contribution in [3.05, 3.63) is 59.3 Å². The minimum absolute atomic E-state index is 0.107. The topological polar surface area (TPSA) is 76.5 Å². The van der Waals surface area contributed by atoms with Gasteiger partial charge in [0.05, 0.1) is 23.7 Å². The zero-order valence-corrected chi connectivity index (χ0v) is 17.4. The summed E-state index contributed by atoms with van der Waals surface area (Å²) in [5.74, 6) is 0.918. The zero-order valence-electron chi connectivity index (χ0n) is 17.4. The minimum Gasteiger partial charge on any atom is -0.334 e. The molecule has 1 fully saturated rings. The molecule has 3 heterocycles. The number of carbonyl (C=O) groups is 1. The maximum atomic E-state index is 13.6.